The number of ether oxygens (including phenoxy) is 1. The van der Waals surface area contributed by atoms with E-state index in [2.05, 4.69) is 17.3 Å². The lowest BCUT2D eigenvalue weighted by molar-refractivity contribution is 0.413. The number of hydrogen-bond acceptors (Lipinski definition) is 4. The van der Waals surface area contributed by atoms with Crippen LogP contribution in [0, 0.1) is 0 Å². The van der Waals surface area contributed by atoms with Gasteiger partial charge in [0.05, 0.1) is 7.11 Å². The van der Waals surface area contributed by atoms with E-state index in [1.54, 1.807) is 7.11 Å². The molecule has 1 aliphatic heterocycles. The zero-order valence-electron chi connectivity index (χ0n) is 9.86. The summed E-state index contributed by atoms with van der Waals surface area (Å²) in [5.41, 5.74) is 7.57. The van der Waals surface area contributed by atoms with Crippen LogP contribution in [0.15, 0.2) is 18.2 Å². The second-order valence-corrected chi connectivity index (χ2v) is 4.39. The SMILES string of the molecule is COc1cc(N)cc(NC2CCN(C)C2)c1. The number of rotatable bonds is 3. The van der Waals surface area contributed by atoms with Crippen LogP contribution in [0.5, 0.6) is 5.75 Å². The summed E-state index contributed by atoms with van der Waals surface area (Å²) in [6.07, 6.45) is 1.17. The van der Waals surface area contributed by atoms with E-state index >= 15 is 0 Å². The fourth-order valence-electron chi connectivity index (χ4n) is 2.11. The molecule has 0 aromatic heterocycles. The zero-order valence-corrected chi connectivity index (χ0v) is 9.86. The molecule has 0 aliphatic carbocycles. The molecule has 2 rings (SSSR count). The molecule has 3 N–H and O–H groups in total. The fourth-order valence-corrected chi connectivity index (χ4v) is 2.11. The van der Waals surface area contributed by atoms with Crippen LogP contribution >= 0.6 is 0 Å². The molecule has 1 fully saturated rings. The maximum absolute atomic E-state index is 5.81. The third kappa shape index (κ3) is 2.58. The predicted molar refractivity (Wildman–Crippen MR) is 66.9 cm³/mol. The van der Waals surface area contributed by atoms with Crippen molar-refractivity contribution in [2.75, 3.05) is 38.3 Å². The second kappa shape index (κ2) is 4.61. The van der Waals surface area contributed by atoms with E-state index in [0.29, 0.717) is 6.04 Å². The van der Waals surface area contributed by atoms with Gasteiger partial charge in [0, 0.05) is 36.1 Å². The van der Waals surface area contributed by atoms with E-state index in [1.807, 2.05) is 18.2 Å². The molecule has 1 heterocycles. The van der Waals surface area contributed by atoms with Crippen LogP contribution < -0.4 is 15.8 Å². The van der Waals surface area contributed by atoms with Crippen LogP contribution in [-0.2, 0) is 0 Å². The van der Waals surface area contributed by atoms with Gasteiger partial charge in [-0.05, 0) is 26.1 Å². The van der Waals surface area contributed by atoms with Gasteiger partial charge in [0.25, 0.3) is 0 Å². The molecule has 0 saturated carbocycles. The first-order valence-corrected chi connectivity index (χ1v) is 5.57. The zero-order chi connectivity index (χ0) is 11.5. The minimum absolute atomic E-state index is 0.511. The molecule has 0 radical (unpaired) electrons. The Kier molecular flexibility index (Phi) is 3.19. The minimum Gasteiger partial charge on any atom is -0.497 e. The van der Waals surface area contributed by atoms with Crippen molar-refractivity contribution in [2.45, 2.75) is 12.5 Å². The van der Waals surface area contributed by atoms with E-state index in [9.17, 15) is 0 Å². The van der Waals surface area contributed by atoms with Gasteiger partial charge >= 0.3 is 0 Å². The molecule has 1 atom stereocenters. The number of nitrogens with two attached hydrogens (primary N) is 1. The molecule has 1 aromatic carbocycles. The second-order valence-electron chi connectivity index (χ2n) is 4.39. The number of nitrogens with zero attached hydrogens (tertiary/aromatic N) is 1. The summed E-state index contributed by atoms with van der Waals surface area (Å²) in [5.74, 6) is 0.800. The lowest BCUT2D eigenvalue weighted by Crippen LogP contribution is -2.23. The van der Waals surface area contributed by atoms with Crippen LogP contribution in [0.2, 0.25) is 0 Å². The summed E-state index contributed by atoms with van der Waals surface area (Å²) < 4.78 is 5.19. The molecule has 1 saturated heterocycles. The van der Waals surface area contributed by atoms with Gasteiger partial charge in [-0.2, -0.15) is 0 Å². The van der Waals surface area contributed by atoms with Crippen molar-refractivity contribution < 1.29 is 4.74 Å². The Morgan fingerprint density at radius 1 is 1.44 bits per heavy atom. The number of likely N-dealkylation sites (N-methyl/N-ethyl adjacent to an activating group) is 1. The van der Waals surface area contributed by atoms with E-state index in [0.717, 1.165) is 30.2 Å². The Balaban J connectivity index is 2.06. The molecule has 0 amide bonds. The molecular weight excluding hydrogens is 202 g/mol. The first kappa shape index (κ1) is 11.1. The van der Waals surface area contributed by atoms with E-state index in [4.69, 9.17) is 10.5 Å². The maximum Gasteiger partial charge on any atom is 0.122 e. The molecule has 1 aromatic rings. The quantitative estimate of drug-likeness (QED) is 0.757. The largest absolute Gasteiger partial charge is 0.497 e. The molecule has 4 nitrogen and oxygen atoms in total. The maximum atomic E-state index is 5.81. The van der Waals surface area contributed by atoms with E-state index in [-0.39, 0.29) is 0 Å². The molecule has 0 spiro atoms. The van der Waals surface area contributed by atoms with Crippen LogP contribution in [0.1, 0.15) is 6.42 Å². The highest BCUT2D eigenvalue weighted by Crippen LogP contribution is 2.24. The summed E-state index contributed by atoms with van der Waals surface area (Å²) in [7, 11) is 3.80. The van der Waals surface area contributed by atoms with Crippen molar-refractivity contribution in [1.82, 2.24) is 4.90 Å². The van der Waals surface area contributed by atoms with Crippen molar-refractivity contribution in [3.8, 4) is 5.75 Å². The first-order valence-electron chi connectivity index (χ1n) is 5.57. The topological polar surface area (TPSA) is 50.5 Å². The van der Waals surface area contributed by atoms with Gasteiger partial charge < -0.3 is 20.7 Å². The molecular formula is C12H19N3O. The van der Waals surface area contributed by atoms with E-state index in [1.165, 1.54) is 6.42 Å². The molecule has 16 heavy (non-hydrogen) atoms. The van der Waals surface area contributed by atoms with Gasteiger partial charge in [0.2, 0.25) is 0 Å². The molecule has 1 aliphatic rings. The van der Waals surface area contributed by atoms with Gasteiger partial charge in [0.15, 0.2) is 0 Å². The minimum atomic E-state index is 0.511. The Bertz CT molecular complexity index is 367. The Morgan fingerprint density at radius 2 is 2.25 bits per heavy atom. The van der Waals surface area contributed by atoms with Crippen molar-refractivity contribution in [3.63, 3.8) is 0 Å². The standard InChI is InChI=1S/C12H19N3O/c1-15-4-3-10(8-15)14-11-5-9(13)6-12(7-11)16-2/h5-7,10,14H,3-4,8,13H2,1-2H3. The van der Waals surface area contributed by atoms with Crippen LogP contribution in [-0.4, -0.2) is 38.2 Å². The smallest absolute Gasteiger partial charge is 0.122 e. The van der Waals surface area contributed by atoms with Gasteiger partial charge in [-0.1, -0.05) is 0 Å². The van der Waals surface area contributed by atoms with Gasteiger partial charge in [-0.15, -0.1) is 0 Å². The molecule has 4 heteroatoms. The summed E-state index contributed by atoms with van der Waals surface area (Å²) in [4.78, 5) is 2.32. The Morgan fingerprint density at radius 3 is 2.88 bits per heavy atom. The summed E-state index contributed by atoms with van der Waals surface area (Å²) in [6, 6.07) is 6.26. The highest BCUT2D eigenvalue weighted by molar-refractivity contribution is 5.59. The number of hydrogen-bond donors (Lipinski definition) is 2. The predicted octanol–water partition coefficient (Wildman–Crippen LogP) is 1.39. The number of benzene rings is 1. The lowest BCUT2D eigenvalue weighted by atomic mass is 10.2. The number of likely N-dealkylation sites (tertiary alicyclic amines) is 1. The van der Waals surface area contributed by atoms with Crippen molar-refractivity contribution in [1.29, 1.82) is 0 Å². The summed E-state index contributed by atoms with van der Waals surface area (Å²) >= 11 is 0. The average molecular weight is 221 g/mol. The number of nitrogens with one attached hydrogen (secondary N) is 1. The number of nitrogen functional groups attached to an aromatic ring is 1. The van der Waals surface area contributed by atoms with Crippen LogP contribution in [0.25, 0.3) is 0 Å². The Hall–Kier alpha value is -1.42. The van der Waals surface area contributed by atoms with Gasteiger partial charge in [-0.3, -0.25) is 0 Å². The monoisotopic (exact) mass is 221 g/mol. The molecule has 0 bridgehead atoms. The van der Waals surface area contributed by atoms with Crippen molar-refractivity contribution >= 4 is 11.4 Å². The Labute approximate surface area is 96.4 Å². The van der Waals surface area contributed by atoms with Gasteiger partial charge in [0.1, 0.15) is 5.75 Å². The highest BCUT2D eigenvalue weighted by Gasteiger charge is 2.19. The molecule has 1 unspecified atom stereocenters. The fraction of sp³-hybridized carbons (Fsp3) is 0.500. The van der Waals surface area contributed by atoms with Crippen molar-refractivity contribution in [3.05, 3.63) is 18.2 Å². The molecule has 88 valence electrons. The third-order valence-corrected chi connectivity index (χ3v) is 2.93. The average Bonchev–Trinajstić information content (AvgIpc) is 2.63. The van der Waals surface area contributed by atoms with Crippen LogP contribution in [0.3, 0.4) is 0 Å². The normalized spacial score (nSPS) is 21.0. The van der Waals surface area contributed by atoms with Crippen molar-refractivity contribution in [2.24, 2.45) is 0 Å². The van der Waals surface area contributed by atoms with Gasteiger partial charge in [-0.25, -0.2) is 0 Å². The number of methoxy groups -OCH3 is 1. The first-order chi connectivity index (χ1) is 7.67. The van der Waals surface area contributed by atoms with Crippen LogP contribution in [0.4, 0.5) is 11.4 Å². The van der Waals surface area contributed by atoms with E-state index < -0.39 is 0 Å². The highest BCUT2D eigenvalue weighted by atomic mass is 16.5. The lowest BCUT2D eigenvalue weighted by Gasteiger charge is -2.15. The summed E-state index contributed by atoms with van der Waals surface area (Å²) in [5, 5.41) is 3.49. The summed E-state index contributed by atoms with van der Waals surface area (Å²) in [6.45, 7) is 2.23. The third-order valence-electron chi connectivity index (χ3n) is 2.93. The number of anilines is 2.